The highest BCUT2D eigenvalue weighted by molar-refractivity contribution is 5.37. The maximum Gasteiger partial charge on any atom is 0.123 e. The molecule has 0 radical (unpaired) electrons. The average molecular weight is 233 g/mol. The molecule has 1 heterocycles. The van der Waals surface area contributed by atoms with Gasteiger partial charge in [0.05, 0.1) is 0 Å². The van der Waals surface area contributed by atoms with Crippen molar-refractivity contribution in [1.82, 2.24) is 5.32 Å². The summed E-state index contributed by atoms with van der Waals surface area (Å²) in [6.45, 7) is 7.70. The van der Waals surface area contributed by atoms with Crippen LogP contribution in [0.25, 0.3) is 0 Å². The van der Waals surface area contributed by atoms with Crippen molar-refractivity contribution in [3.05, 3.63) is 29.8 Å². The number of nitrogens with one attached hydrogen (secondary N) is 1. The summed E-state index contributed by atoms with van der Waals surface area (Å²) in [5.41, 5.74) is 1.59. The van der Waals surface area contributed by atoms with Gasteiger partial charge in [-0.1, -0.05) is 32.0 Å². The van der Waals surface area contributed by atoms with E-state index in [1.54, 1.807) is 0 Å². The van der Waals surface area contributed by atoms with E-state index in [0.717, 1.165) is 31.6 Å². The first-order valence-corrected chi connectivity index (χ1v) is 6.66. The van der Waals surface area contributed by atoms with E-state index >= 15 is 0 Å². The van der Waals surface area contributed by atoms with Crippen molar-refractivity contribution in [2.45, 2.75) is 51.7 Å². The SMILES string of the molecule is CCC(C)(CC)NCC1Cc2ccccc2O1. The molecule has 1 N–H and O–H groups in total. The minimum absolute atomic E-state index is 0.248. The van der Waals surface area contributed by atoms with Gasteiger partial charge in [-0.15, -0.1) is 0 Å². The van der Waals surface area contributed by atoms with Gasteiger partial charge in [0.1, 0.15) is 11.9 Å². The van der Waals surface area contributed by atoms with Gasteiger partial charge in [0.25, 0.3) is 0 Å². The Bertz CT molecular complexity index is 346. The summed E-state index contributed by atoms with van der Waals surface area (Å²) in [5.74, 6) is 1.06. The Kier molecular flexibility index (Phi) is 3.72. The number of hydrogen-bond acceptors (Lipinski definition) is 2. The number of hydrogen-bond donors (Lipinski definition) is 1. The lowest BCUT2D eigenvalue weighted by atomic mass is 9.95. The molecule has 0 amide bonds. The van der Waals surface area contributed by atoms with E-state index in [0.29, 0.717) is 6.10 Å². The van der Waals surface area contributed by atoms with Gasteiger partial charge in [0.15, 0.2) is 0 Å². The Labute approximate surface area is 104 Å². The summed E-state index contributed by atoms with van der Waals surface area (Å²) >= 11 is 0. The predicted octanol–water partition coefficient (Wildman–Crippen LogP) is 3.16. The minimum atomic E-state index is 0.248. The van der Waals surface area contributed by atoms with Crippen molar-refractivity contribution in [2.24, 2.45) is 0 Å². The summed E-state index contributed by atoms with van der Waals surface area (Å²) in [5, 5.41) is 3.65. The van der Waals surface area contributed by atoms with E-state index in [1.165, 1.54) is 5.56 Å². The Hall–Kier alpha value is -1.02. The highest BCUT2D eigenvalue weighted by Crippen LogP contribution is 2.28. The summed E-state index contributed by atoms with van der Waals surface area (Å²) in [7, 11) is 0. The molecule has 1 aliphatic rings. The first kappa shape index (κ1) is 12.4. The molecule has 0 spiro atoms. The summed E-state index contributed by atoms with van der Waals surface area (Å²) in [4.78, 5) is 0. The second-order valence-electron chi connectivity index (χ2n) is 5.20. The fourth-order valence-corrected chi connectivity index (χ4v) is 2.23. The summed E-state index contributed by atoms with van der Waals surface area (Å²) in [6.07, 6.45) is 3.64. The van der Waals surface area contributed by atoms with Crippen LogP contribution in [0.4, 0.5) is 0 Å². The average Bonchev–Trinajstić information content (AvgIpc) is 2.79. The van der Waals surface area contributed by atoms with Crippen LogP contribution in [-0.2, 0) is 6.42 Å². The van der Waals surface area contributed by atoms with Gasteiger partial charge in [0, 0.05) is 18.5 Å². The molecular formula is C15H23NO. The number of rotatable bonds is 5. The van der Waals surface area contributed by atoms with Gasteiger partial charge in [-0.3, -0.25) is 0 Å². The molecule has 2 heteroatoms. The third-order valence-electron chi connectivity index (χ3n) is 4.03. The lowest BCUT2D eigenvalue weighted by molar-refractivity contribution is 0.200. The lowest BCUT2D eigenvalue weighted by Gasteiger charge is -2.29. The third kappa shape index (κ3) is 2.81. The first-order chi connectivity index (χ1) is 8.17. The number of benzene rings is 1. The summed E-state index contributed by atoms with van der Waals surface area (Å²) in [6, 6.07) is 8.35. The van der Waals surface area contributed by atoms with Gasteiger partial charge in [0.2, 0.25) is 0 Å². The zero-order chi connectivity index (χ0) is 12.3. The van der Waals surface area contributed by atoms with E-state index in [2.05, 4.69) is 44.3 Å². The molecule has 0 bridgehead atoms. The van der Waals surface area contributed by atoms with Gasteiger partial charge in [-0.2, -0.15) is 0 Å². The molecule has 17 heavy (non-hydrogen) atoms. The van der Waals surface area contributed by atoms with E-state index < -0.39 is 0 Å². The van der Waals surface area contributed by atoms with Crippen LogP contribution in [0, 0.1) is 0 Å². The number of para-hydroxylation sites is 1. The Morgan fingerprint density at radius 2 is 2.00 bits per heavy atom. The van der Waals surface area contributed by atoms with Crippen molar-refractivity contribution in [3.63, 3.8) is 0 Å². The molecule has 0 aromatic heterocycles. The molecule has 0 saturated heterocycles. The fraction of sp³-hybridized carbons (Fsp3) is 0.600. The lowest BCUT2D eigenvalue weighted by Crippen LogP contribution is -2.45. The van der Waals surface area contributed by atoms with E-state index in [1.807, 2.05) is 6.07 Å². The molecule has 0 aliphatic carbocycles. The predicted molar refractivity (Wildman–Crippen MR) is 71.6 cm³/mol. The van der Waals surface area contributed by atoms with Crippen LogP contribution in [-0.4, -0.2) is 18.2 Å². The topological polar surface area (TPSA) is 21.3 Å². The molecule has 1 aromatic rings. The van der Waals surface area contributed by atoms with Crippen molar-refractivity contribution in [3.8, 4) is 5.75 Å². The molecule has 1 aliphatic heterocycles. The quantitative estimate of drug-likeness (QED) is 0.843. The van der Waals surface area contributed by atoms with Crippen LogP contribution in [0.2, 0.25) is 0 Å². The first-order valence-electron chi connectivity index (χ1n) is 6.66. The normalized spacial score (nSPS) is 18.9. The zero-order valence-corrected chi connectivity index (χ0v) is 11.1. The Morgan fingerprint density at radius 1 is 1.29 bits per heavy atom. The minimum Gasteiger partial charge on any atom is -0.488 e. The van der Waals surface area contributed by atoms with Crippen molar-refractivity contribution in [2.75, 3.05) is 6.54 Å². The fourth-order valence-electron chi connectivity index (χ4n) is 2.23. The smallest absolute Gasteiger partial charge is 0.123 e. The van der Waals surface area contributed by atoms with E-state index in [4.69, 9.17) is 4.74 Å². The molecule has 1 atom stereocenters. The van der Waals surface area contributed by atoms with Crippen molar-refractivity contribution >= 4 is 0 Å². The molecule has 2 nitrogen and oxygen atoms in total. The molecule has 0 saturated carbocycles. The molecule has 94 valence electrons. The number of fused-ring (bicyclic) bond motifs is 1. The second kappa shape index (κ2) is 5.09. The summed E-state index contributed by atoms with van der Waals surface area (Å²) < 4.78 is 5.93. The molecule has 1 aromatic carbocycles. The second-order valence-corrected chi connectivity index (χ2v) is 5.20. The van der Waals surface area contributed by atoms with Gasteiger partial charge < -0.3 is 10.1 Å². The highest BCUT2D eigenvalue weighted by Gasteiger charge is 2.25. The van der Waals surface area contributed by atoms with Gasteiger partial charge >= 0.3 is 0 Å². The highest BCUT2D eigenvalue weighted by atomic mass is 16.5. The van der Waals surface area contributed by atoms with Gasteiger partial charge in [-0.25, -0.2) is 0 Å². The van der Waals surface area contributed by atoms with Crippen LogP contribution in [0.5, 0.6) is 5.75 Å². The van der Waals surface area contributed by atoms with E-state index in [9.17, 15) is 0 Å². The number of ether oxygens (including phenoxy) is 1. The maximum atomic E-state index is 5.93. The van der Waals surface area contributed by atoms with Crippen molar-refractivity contribution < 1.29 is 4.74 Å². The molecule has 2 rings (SSSR count). The van der Waals surface area contributed by atoms with Crippen LogP contribution in [0.15, 0.2) is 24.3 Å². The Balaban J connectivity index is 1.88. The van der Waals surface area contributed by atoms with Crippen molar-refractivity contribution in [1.29, 1.82) is 0 Å². The van der Waals surface area contributed by atoms with Gasteiger partial charge in [-0.05, 0) is 31.4 Å². The molecular weight excluding hydrogens is 210 g/mol. The standard InChI is InChI=1S/C15H23NO/c1-4-15(3,5-2)16-11-13-10-12-8-6-7-9-14(12)17-13/h6-9,13,16H,4-5,10-11H2,1-3H3. The zero-order valence-electron chi connectivity index (χ0n) is 11.1. The molecule has 1 unspecified atom stereocenters. The largest absolute Gasteiger partial charge is 0.488 e. The van der Waals surface area contributed by atoms with Crippen LogP contribution < -0.4 is 10.1 Å². The monoisotopic (exact) mass is 233 g/mol. The van der Waals surface area contributed by atoms with E-state index in [-0.39, 0.29) is 5.54 Å². The Morgan fingerprint density at radius 3 is 2.65 bits per heavy atom. The van der Waals surface area contributed by atoms with Crippen LogP contribution >= 0.6 is 0 Å². The molecule has 0 fully saturated rings. The van der Waals surface area contributed by atoms with Crippen LogP contribution in [0.1, 0.15) is 39.2 Å². The maximum absolute atomic E-state index is 5.93. The van der Waals surface area contributed by atoms with Crippen LogP contribution in [0.3, 0.4) is 0 Å². The third-order valence-corrected chi connectivity index (χ3v) is 4.03.